The first kappa shape index (κ1) is 23.2. The zero-order chi connectivity index (χ0) is 24.2. The number of pyridine rings is 1. The van der Waals surface area contributed by atoms with E-state index in [-0.39, 0.29) is 18.1 Å². The number of cyclic esters (lactones) is 1. The lowest BCUT2D eigenvalue weighted by Crippen LogP contribution is -2.26. The number of hydrogen-bond donors (Lipinski definition) is 2. The molecule has 2 amide bonds. The zero-order valence-corrected chi connectivity index (χ0v) is 20.1. The van der Waals surface area contributed by atoms with Crippen molar-refractivity contribution >= 4 is 35.1 Å². The number of methoxy groups -OCH3 is 1. The molecule has 180 valence electrons. The summed E-state index contributed by atoms with van der Waals surface area (Å²) in [5, 5.41) is 6.26. The number of nitrogens with zero attached hydrogens (tertiary/aromatic N) is 2. The molecule has 1 atom stereocenters. The topological polar surface area (TPSA) is 92.8 Å². The van der Waals surface area contributed by atoms with Gasteiger partial charge in [0.05, 0.1) is 36.5 Å². The van der Waals surface area contributed by atoms with Gasteiger partial charge in [0.15, 0.2) is 0 Å². The van der Waals surface area contributed by atoms with E-state index in [1.165, 1.54) is 11.8 Å². The Hall–Kier alpha value is -3.56. The van der Waals surface area contributed by atoms with E-state index in [9.17, 15) is 9.59 Å². The summed E-state index contributed by atoms with van der Waals surface area (Å²) in [5.41, 5.74) is 4.30. The highest BCUT2D eigenvalue weighted by Crippen LogP contribution is 2.35. The number of fused-ring (bicyclic) bond motifs is 1. The van der Waals surface area contributed by atoms with E-state index in [1.54, 1.807) is 12.0 Å². The molecule has 2 aliphatic rings. The van der Waals surface area contributed by atoms with Gasteiger partial charge in [-0.1, -0.05) is 18.2 Å². The van der Waals surface area contributed by atoms with Crippen LogP contribution in [0.15, 0.2) is 65.6 Å². The maximum absolute atomic E-state index is 12.5. The SMILES string of the molecule is COc1cccc(-c2cccc(CNCCC3CN(c4ccc5c(c4)NC(=O)CS5)C(=O)O3)n2)c1. The molecule has 1 saturated heterocycles. The van der Waals surface area contributed by atoms with Crippen molar-refractivity contribution in [3.8, 4) is 17.0 Å². The first-order chi connectivity index (χ1) is 17.1. The monoisotopic (exact) mass is 490 g/mol. The molecule has 9 heteroatoms. The molecule has 0 aliphatic carbocycles. The lowest BCUT2D eigenvalue weighted by atomic mass is 10.1. The van der Waals surface area contributed by atoms with Crippen LogP contribution >= 0.6 is 11.8 Å². The molecule has 8 nitrogen and oxygen atoms in total. The molecular formula is C26H26N4O4S. The summed E-state index contributed by atoms with van der Waals surface area (Å²) in [6, 6.07) is 19.5. The van der Waals surface area contributed by atoms with Gasteiger partial charge in [-0.3, -0.25) is 14.7 Å². The van der Waals surface area contributed by atoms with E-state index in [0.29, 0.717) is 31.8 Å². The number of aromatic nitrogens is 1. The third-order valence-corrected chi connectivity index (χ3v) is 6.98. The van der Waals surface area contributed by atoms with Gasteiger partial charge in [0.2, 0.25) is 5.91 Å². The third-order valence-electron chi connectivity index (χ3n) is 5.90. The average Bonchev–Trinajstić information content (AvgIpc) is 3.26. The lowest BCUT2D eigenvalue weighted by molar-refractivity contribution is -0.113. The summed E-state index contributed by atoms with van der Waals surface area (Å²) < 4.78 is 10.9. The Labute approximate surface area is 208 Å². The molecule has 35 heavy (non-hydrogen) atoms. The van der Waals surface area contributed by atoms with Crippen LogP contribution in [0.3, 0.4) is 0 Å². The quantitative estimate of drug-likeness (QED) is 0.455. The number of nitrogens with one attached hydrogen (secondary N) is 2. The smallest absolute Gasteiger partial charge is 0.414 e. The fourth-order valence-electron chi connectivity index (χ4n) is 4.12. The summed E-state index contributed by atoms with van der Waals surface area (Å²) in [6.45, 7) is 1.78. The maximum atomic E-state index is 12.5. The Morgan fingerprint density at radius 2 is 2.06 bits per heavy atom. The van der Waals surface area contributed by atoms with Crippen molar-refractivity contribution in [2.75, 3.05) is 36.2 Å². The van der Waals surface area contributed by atoms with Gasteiger partial charge in [0, 0.05) is 22.7 Å². The molecule has 0 radical (unpaired) electrons. The molecule has 0 spiro atoms. The number of amides is 2. The van der Waals surface area contributed by atoms with Crippen molar-refractivity contribution in [2.24, 2.45) is 0 Å². The number of carbonyl (C=O) groups is 2. The van der Waals surface area contributed by atoms with Crippen LogP contribution in [-0.2, 0) is 16.1 Å². The largest absolute Gasteiger partial charge is 0.497 e. The number of benzene rings is 2. The minimum Gasteiger partial charge on any atom is -0.497 e. The van der Waals surface area contributed by atoms with Gasteiger partial charge in [0.1, 0.15) is 11.9 Å². The van der Waals surface area contributed by atoms with Crippen molar-refractivity contribution in [2.45, 2.75) is 24.0 Å². The Kier molecular flexibility index (Phi) is 6.87. The minimum absolute atomic E-state index is 0.0314. The molecule has 1 fully saturated rings. The highest BCUT2D eigenvalue weighted by atomic mass is 32.2. The Morgan fingerprint density at radius 1 is 1.17 bits per heavy atom. The summed E-state index contributed by atoms with van der Waals surface area (Å²) in [7, 11) is 1.65. The van der Waals surface area contributed by atoms with Crippen LogP contribution in [0.5, 0.6) is 5.75 Å². The Balaban J connectivity index is 1.13. The normalized spacial score (nSPS) is 17.1. The second-order valence-electron chi connectivity index (χ2n) is 8.35. The molecule has 2 aromatic carbocycles. The second-order valence-corrected chi connectivity index (χ2v) is 9.36. The standard InChI is InChI=1S/C26H26N4O4S/c1-33-20-6-2-4-17(12-20)22-7-3-5-18(28-22)14-27-11-10-21-15-30(26(32)34-21)19-8-9-24-23(13-19)29-25(31)16-35-24/h2-9,12-13,21,27H,10-11,14-16H2,1H3,(H,29,31). The summed E-state index contributed by atoms with van der Waals surface area (Å²) in [4.78, 5) is 31.5. The van der Waals surface area contributed by atoms with Gasteiger partial charge in [-0.25, -0.2) is 4.79 Å². The van der Waals surface area contributed by atoms with Crippen LogP contribution in [0.4, 0.5) is 16.2 Å². The molecule has 0 bridgehead atoms. The Bertz CT molecular complexity index is 1250. The summed E-state index contributed by atoms with van der Waals surface area (Å²) in [5.74, 6) is 1.18. The number of carbonyl (C=O) groups excluding carboxylic acids is 2. The molecule has 3 heterocycles. The molecule has 1 aromatic heterocycles. The summed E-state index contributed by atoms with van der Waals surface area (Å²) >= 11 is 1.50. The van der Waals surface area contributed by atoms with E-state index in [2.05, 4.69) is 10.6 Å². The predicted molar refractivity (Wildman–Crippen MR) is 136 cm³/mol. The number of hydrogen-bond acceptors (Lipinski definition) is 7. The van der Waals surface area contributed by atoms with E-state index in [1.807, 2.05) is 60.7 Å². The van der Waals surface area contributed by atoms with Crippen LogP contribution in [-0.4, -0.2) is 49.0 Å². The average molecular weight is 491 g/mol. The molecular weight excluding hydrogens is 464 g/mol. The highest BCUT2D eigenvalue weighted by molar-refractivity contribution is 8.00. The summed E-state index contributed by atoms with van der Waals surface area (Å²) in [6.07, 6.45) is 0.124. The Morgan fingerprint density at radius 3 is 2.94 bits per heavy atom. The van der Waals surface area contributed by atoms with Gasteiger partial charge in [-0.2, -0.15) is 0 Å². The highest BCUT2D eigenvalue weighted by Gasteiger charge is 2.32. The van der Waals surface area contributed by atoms with Crippen molar-refractivity contribution in [3.63, 3.8) is 0 Å². The van der Waals surface area contributed by atoms with Crippen molar-refractivity contribution in [3.05, 3.63) is 66.4 Å². The van der Waals surface area contributed by atoms with Crippen LogP contribution in [0.2, 0.25) is 0 Å². The predicted octanol–water partition coefficient (Wildman–Crippen LogP) is 4.31. The molecule has 3 aromatic rings. The molecule has 5 rings (SSSR count). The maximum Gasteiger partial charge on any atom is 0.414 e. The van der Waals surface area contributed by atoms with Gasteiger partial charge >= 0.3 is 6.09 Å². The van der Waals surface area contributed by atoms with Gasteiger partial charge in [-0.15, -0.1) is 11.8 Å². The van der Waals surface area contributed by atoms with E-state index in [0.717, 1.165) is 39.0 Å². The molecule has 2 aliphatic heterocycles. The van der Waals surface area contributed by atoms with Crippen LogP contribution in [0.25, 0.3) is 11.3 Å². The minimum atomic E-state index is -0.364. The third kappa shape index (κ3) is 5.41. The van der Waals surface area contributed by atoms with E-state index < -0.39 is 0 Å². The van der Waals surface area contributed by atoms with Crippen molar-refractivity contribution in [1.29, 1.82) is 0 Å². The van der Waals surface area contributed by atoms with Crippen LogP contribution in [0, 0.1) is 0 Å². The molecule has 0 saturated carbocycles. The van der Waals surface area contributed by atoms with Gasteiger partial charge in [-0.05, 0) is 55.4 Å². The fourth-order valence-corrected chi connectivity index (χ4v) is 4.91. The fraction of sp³-hybridized carbons (Fsp3) is 0.269. The van der Waals surface area contributed by atoms with Crippen molar-refractivity contribution in [1.82, 2.24) is 10.3 Å². The first-order valence-electron chi connectivity index (χ1n) is 11.4. The number of ether oxygens (including phenoxy) is 2. The zero-order valence-electron chi connectivity index (χ0n) is 19.3. The van der Waals surface area contributed by atoms with Gasteiger partial charge in [0.25, 0.3) is 0 Å². The number of rotatable bonds is 8. The number of anilines is 2. The van der Waals surface area contributed by atoms with E-state index in [4.69, 9.17) is 14.5 Å². The van der Waals surface area contributed by atoms with Gasteiger partial charge < -0.3 is 20.1 Å². The molecule has 2 N–H and O–H groups in total. The lowest BCUT2D eigenvalue weighted by Gasteiger charge is -2.20. The second kappa shape index (κ2) is 10.4. The number of thioether (sulfide) groups is 1. The molecule has 1 unspecified atom stereocenters. The first-order valence-corrected chi connectivity index (χ1v) is 12.4. The van der Waals surface area contributed by atoms with E-state index >= 15 is 0 Å². The van der Waals surface area contributed by atoms with Crippen LogP contribution in [0.1, 0.15) is 12.1 Å². The van der Waals surface area contributed by atoms with Crippen LogP contribution < -0.4 is 20.3 Å². The van der Waals surface area contributed by atoms with Crippen molar-refractivity contribution < 1.29 is 19.1 Å².